The highest BCUT2D eigenvalue weighted by molar-refractivity contribution is 5.48. The van der Waals surface area contributed by atoms with Gasteiger partial charge in [0.05, 0.1) is 132 Å². The second-order valence-electron chi connectivity index (χ2n) is 15.8. The Balaban J connectivity index is 0.685. The minimum absolute atomic E-state index is 0.411. The summed E-state index contributed by atoms with van der Waals surface area (Å²) in [5, 5.41) is 0. The van der Waals surface area contributed by atoms with Crippen LogP contribution in [0.25, 0.3) is 0 Å². The third-order valence-electron chi connectivity index (χ3n) is 11.2. The maximum absolute atomic E-state index is 6.75. The minimum atomic E-state index is -0.758. The Morgan fingerprint density at radius 3 is 0.449 bits per heavy atom. The van der Waals surface area contributed by atoms with Crippen LogP contribution in [0.5, 0.6) is 0 Å². The molecule has 0 unspecified atom stereocenters. The van der Waals surface area contributed by atoms with Crippen LogP contribution in [0.4, 0.5) is 0 Å². The first kappa shape index (κ1) is 53.2. The van der Waals surface area contributed by atoms with Gasteiger partial charge in [-0.3, -0.25) is 0 Å². The summed E-state index contributed by atoms with van der Waals surface area (Å²) in [5.41, 5.74) is 4.88. The number of hydrogen-bond acceptors (Lipinski definition) is 11. The van der Waals surface area contributed by atoms with Crippen molar-refractivity contribution in [3.8, 4) is 0 Å². The highest BCUT2D eigenvalue weighted by Crippen LogP contribution is 2.41. The highest BCUT2D eigenvalue weighted by Gasteiger charge is 2.38. The van der Waals surface area contributed by atoms with E-state index in [9.17, 15) is 0 Å². The topological polar surface area (TPSA) is 102 Å². The summed E-state index contributed by atoms with van der Waals surface area (Å²) in [4.78, 5) is 0. The van der Waals surface area contributed by atoms with E-state index >= 15 is 0 Å². The molecular weight excluding hydrogens is 873 g/mol. The lowest BCUT2D eigenvalue weighted by atomic mass is 9.80. The SMILES string of the molecule is c1ccc(C(OCCOCCOCCOCCOCCOCCOCCOCCOCCOCCOC(c2ccccc2)(c2ccccc2)c2ccccc2)(c2ccccc2)c2ccccc2)cc1. The zero-order valence-electron chi connectivity index (χ0n) is 40.0. The number of rotatable bonds is 38. The first-order valence-corrected chi connectivity index (χ1v) is 24.1. The predicted octanol–water partition coefficient (Wildman–Crippen LogP) is 9.15. The van der Waals surface area contributed by atoms with Gasteiger partial charge in [-0.2, -0.15) is 0 Å². The molecule has 0 atom stereocenters. The number of ether oxygens (including phenoxy) is 11. The fourth-order valence-electron chi connectivity index (χ4n) is 7.91. The van der Waals surface area contributed by atoms with Crippen LogP contribution in [-0.4, -0.2) is 132 Å². The van der Waals surface area contributed by atoms with Crippen LogP contribution in [-0.2, 0) is 63.3 Å². The second-order valence-corrected chi connectivity index (χ2v) is 15.8. The zero-order valence-corrected chi connectivity index (χ0v) is 40.0. The molecule has 6 rings (SSSR count). The van der Waals surface area contributed by atoms with Crippen molar-refractivity contribution in [1.82, 2.24) is 0 Å². The van der Waals surface area contributed by atoms with Crippen molar-refractivity contribution >= 4 is 0 Å². The molecule has 0 fully saturated rings. The van der Waals surface area contributed by atoms with Gasteiger partial charge in [0.15, 0.2) is 0 Å². The molecular formula is C58H70O11. The summed E-state index contributed by atoms with van der Waals surface area (Å²) < 4.78 is 64.7. The number of hydrogen-bond donors (Lipinski definition) is 0. The van der Waals surface area contributed by atoms with Crippen molar-refractivity contribution in [2.24, 2.45) is 0 Å². The molecule has 0 radical (unpaired) electrons. The van der Waals surface area contributed by atoms with E-state index < -0.39 is 11.2 Å². The van der Waals surface area contributed by atoms with E-state index in [1.165, 1.54) is 0 Å². The van der Waals surface area contributed by atoms with Crippen LogP contribution in [0, 0.1) is 0 Å². The Kier molecular flexibility index (Phi) is 25.2. The van der Waals surface area contributed by atoms with Gasteiger partial charge < -0.3 is 52.1 Å². The van der Waals surface area contributed by atoms with E-state index in [0.717, 1.165) is 33.4 Å². The maximum Gasteiger partial charge on any atom is 0.143 e. The lowest BCUT2D eigenvalue weighted by molar-refractivity contribution is -0.0411. The molecule has 0 N–H and O–H groups in total. The van der Waals surface area contributed by atoms with E-state index in [1.54, 1.807) is 0 Å². The molecule has 0 heterocycles. The summed E-state index contributed by atoms with van der Waals surface area (Å²) in [6, 6.07) is 62.0. The molecule has 0 aliphatic heterocycles. The van der Waals surface area contributed by atoms with E-state index in [-0.39, 0.29) is 0 Å². The Labute approximate surface area is 409 Å². The fraction of sp³-hybridized carbons (Fsp3) is 0.379. The first-order valence-electron chi connectivity index (χ1n) is 24.1. The third kappa shape index (κ3) is 17.7. The van der Waals surface area contributed by atoms with E-state index in [2.05, 4.69) is 72.8 Å². The van der Waals surface area contributed by atoms with Gasteiger partial charge in [0.2, 0.25) is 0 Å². The van der Waals surface area contributed by atoms with Gasteiger partial charge in [-0.15, -0.1) is 0 Å². The van der Waals surface area contributed by atoms with E-state index in [0.29, 0.717) is 132 Å². The molecule has 0 saturated heterocycles. The largest absolute Gasteiger partial charge is 0.377 e. The molecule has 368 valence electrons. The van der Waals surface area contributed by atoms with Crippen molar-refractivity contribution in [3.63, 3.8) is 0 Å². The Hall–Kier alpha value is -5.12. The lowest BCUT2D eigenvalue weighted by Gasteiger charge is -2.36. The standard InChI is InChI=1S/C58H70O11/c1-7-19-51(20-8-1)57(52-21-9-2-10-22-52,53-23-11-3-12-24-53)68-49-47-66-45-43-64-41-39-62-37-35-60-33-31-59-32-34-61-36-38-63-40-42-65-44-46-67-48-50-69-58(54-25-13-4-14-26-54,55-27-15-5-16-28-55)56-29-17-6-18-30-56/h1-30H,31-50H2. The summed E-state index contributed by atoms with van der Waals surface area (Å²) in [5.74, 6) is 0. The van der Waals surface area contributed by atoms with E-state index in [4.69, 9.17) is 52.1 Å². The van der Waals surface area contributed by atoms with Crippen LogP contribution in [0.1, 0.15) is 33.4 Å². The normalized spacial score (nSPS) is 11.8. The summed E-state index contributed by atoms with van der Waals surface area (Å²) >= 11 is 0. The first-order chi connectivity index (χ1) is 34.3. The zero-order chi connectivity index (χ0) is 47.6. The van der Waals surface area contributed by atoms with Crippen molar-refractivity contribution < 1.29 is 52.1 Å². The van der Waals surface area contributed by atoms with Crippen molar-refractivity contribution in [2.75, 3.05) is 132 Å². The molecule has 0 saturated carbocycles. The summed E-state index contributed by atoms with van der Waals surface area (Å²) in [6.07, 6.45) is 0. The number of benzene rings is 6. The predicted molar refractivity (Wildman–Crippen MR) is 268 cm³/mol. The van der Waals surface area contributed by atoms with Crippen molar-refractivity contribution in [3.05, 3.63) is 215 Å². The molecule has 0 aliphatic carbocycles. The molecule has 69 heavy (non-hydrogen) atoms. The molecule has 0 aromatic heterocycles. The van der Waals surface area contributed by atoms with Crippen LogP contribution in [0.3, 0.4) is 0 Å². The van der Waals surface area contributed by atoms with Crippen LogP contribution in [0.2, 0.25) is 0 Å². The molecule has 0 amide bonds. The molecule has 6 aromatic carbocycles. The Morgan fingerprint density at radius 2 is 0.304 bits per heavy atom. The van der Waals surface area contributed by atoms with Crippen molar-refractivity contribution in [1.29, 1.82) is 0 Å². The van der Waals surface area contributed by atoms with Gasteiger partial charge in [0, 0.05) is 0 Å². The average molecular weight is 943 g/mol. The summed E-state index contributed by atoms with van der Waals surface area (Å²) in [7, 11) is 0. The highest BCUT2D eigenvalue weighted by atomic mass is 16.6. The van der Waals surface area contributed by atoms with E-state index in [1.807, 2.05) is 109 Å². The molecule has 11 nitrogen and oxygen atoms in total. The Bertz CT molecular complexity index is 1780. The molecule has 0 bridgehead atoms. The maximum atomic E-state index is 6.75. The monoisotopic (exact) mass is 942 g/mol. The lowest BCUT2D eigenvalue weighted by Crippen LogP contribution is -2.34. The molecule has 6 aromatic rings. The van der Waals surface area contributed by atoms with Crippen LogP contribution < -0.4 is 0 Å². The second kappa shape index (κ2) is 32.6. The van der Waals surface area contributed by atoms with Crippen molar-refractivity contribution in [2.45, 2.75) is 11.2 Å². The quantitative estimate of drug-likeness (QED) is 0.0275. The molecule has 11 heteroatoms. The van der Waals surface area contributed by atoms with Gasteiger partial charge in [-0.1, -0.05) is 182 Å². The minimum Gasteiger partial charge on any atom is -0.377 e. The Morgan fingerprint density at radius 1 is 0.174 bits per heavy atom. The van der Waals surface area contributed by atoms with Gasteiger partial charge >= 0.3 is 0 Å². The van der Waals surface area contributed by atoms with Gasteiger partial charge in [-0.25, -0.2) is 0 Å². The third-order valence-corrected chi connectivity index (χ3v) is 11.2. The van der Waals surface area contributed by atoms with Gasteiger partial charge in [0.1, 0.15) is 11.2 Å². The molecule has 0 aliphatic rings. The van der Waals surface area contributed by atoms with Crippen LogP contribution in [0.15, 0.2) is 182 Å². The summed E-state index contributed by atoms with van der Waals surface area (Å²) in [6.45, 7) is 9.43. The molecule has 0 spiro atoms. The van der Waals surface area contributed by atoms with Gasteiger partial charge in [-0.05, 0) is 33.4 Å². The smallest absolute Gasteiger partial charge is 0.143 e. The fourth-order valence-corrected chi connectivity index (χ4v) is 7.91. The van der Waals surface area contributed by atoms with Gasteiger partial charge in [0.25, 0.3) is 0 Å². The van der Waals surface area contributed by atoms with Crippen LogP contribution >= 0.6 is 0 Å². The average Bonchev–Trinajstić information content (AvgIpc) is 3.42.